The van der Waals surface area contributed by atoms with Crippen molar-refractivity contribution in [3.05, 3.63) is 35.4 Å². The molecule has 136 valence electrons. The molecule has 1 amide bonds. The summed E-state index contributed by atoms with van der Waals surface area (Å²) < 4.78 is 15.4. The Labute approximate surface area is 148 Å². The Bertz CT molecular complexity index is 639. The number of para-hydroxylation sites is 1. The van der Waals surface area contributed by atoms with E-state index in [0.717, 1.165) is 19.3 Å². The van der Waals surface area contributed by atoms with Crippen molar-refractivity contribution in [3.63, 3.8) is 0 Å². The quantitative estimate of drug-likeness (QED) is 0.578. The Morgan fingerprint density at radius 2 is 2.00 bits per heavy atom. The maximum atomic E-state index is 12.2. The van der Waals surface area contributed by atoms with E-state index in [0.29, 0.717) is 18.0 Å². The molecule has 1 aliphatic carbocycles. The van der Waals surface area contributed by atoms with Crippen LogP contribution in [0.1, 0.15) is 42.5 Å². The second-order valence-electron chi connectivity index (χ2n) is 5.83. The molecule has 6 nitrogen and oxygen atoms in total. The smallest absolute Gasteiger partial charge is 0.342 e. The molecule has 1 aromatic carbocycles. The first-order chi connectivity index (χ1) is 12.2. The minimum Gasteiger partial charge on any atom is -0.493 e. The number of carbonyl (C=O) groups is 2. The van der Waals surface area contributed by atoms with Crippen LogP contribution in [0.2, 0.25) is 0 Å². The highest BCUT2D eigenvalue weighted by atomic mass is 16.5. The predicted molar refractivity (Wildman–Crippen MR) is 94.0 cm³/mol. The van der Waals surface area contributed by atoms with Gasteiger partial charge < -0.3 is 19.5 Å². The third kappa shape index (κ3) is 5.52. The molecule has 0 fully saturated rings. The van der Waals surface area contributed by atoms with Crippen LogP contribution in [0.4, 0.5) is 0 Å². The Kier molecular flexibility index (Phi) is 7.32. The van der Waals surface area contributed by atoms with Crippen LogP contribution in [0, 0.1) is 0 Å². The fourth-order valence-electron chi connectivity index (χ4n) is 2.80. The van der Waals surface area contributed by atoms with Gasteiger partial charge in [-0.3, -0.25) is 4.79 Å². The molecule has 1 N–H and O–H groups in total. The lowest BCUT2D eigenvalue weighted by Gasteiger charge is -2.13. The van der Waals surface area contributed by atoms with Crippen molar-refractivity contribution >= 4 is 11.9 Å². The molecule has 25 heavy (non-hydrogen) atoms. The van der Waals surface area contributed by atoms with Crippen LogP contribution in [-0.4, -0.2) is 39.2 Å². The Hall–Kier alpha value is -2.50. The number of esters is 1. The summed E-state index contributed by atoms with van der Waals surface area (Å²) in [6, 6.07) is 4.91. The molecule has 0 unspecified atom stereocenters. The monoisotopic (exact) mass is 347 g/mol. The second kappa shape index (κ2) is 9.71. The van der Waals surface area contributed by atoms with Crippen LogP contribution in [0.5, 0.6) is 11.5 Å². The van der Waals surface area contributed by atoms with Gasteiger partial charge in [0, 0.05) is 6.54 Å². The number of benzene rings is 1. The van der Waals surface area contributed by atoms with E-state index in [4.69, 9.17) is 14.2 Å². The van der Waals surface area contributed by atoms with Gasteiger partial charge in [0.2, 0.25) is 0 Å². The lowest BCUT2D eigenvalue weighted by atomic mass is 9.97. The standard InChI is InChI=1S/C19H25NO5/c1-23-16-10-6-9-15(18(16)24-2)19(22)25-13-17(21)20-12-11-14-7-4-3-5-8-14/h6-7,9-10H,3-5,8,11-13H2,1-2H3,(H,20,21). The first-order valence-corrected chi connectivity index (χ1v) is 8.48. The molecule has 0 saturated carbocycles. The maximum absolute atomic E-state index is 12.2. The van der Waals surface area contributed by atoms with Crippen molar-refractivity contribution < 1.29 is 23.8 Å². The summed E-state index contributed by atoms with van der Waals surface area (Å²) in [5.74, 6) is -0.214. The molecule has 2 rings (SSSR count). The lowest BCUT2D eigenvalue weighted by Crippen LogP contribution is -2.30. The van der Waals surface area contributed by atoms with Gasteiger partial charge in [-0.1, -0.05) is 17.7 Å². The SMILES string of the molecule is COc1cccc(C(=O)OCC(=O)NCCC2=CCCCC2)c1OC. The molecule has 0 saturated heterocycles. The minimum atomic E-state index is -0.624. The van der Waals surface area contributed by atoms with E-state index in [9.17, 15) is 9.59 Å². The number of allylic oxidation sites excluding steroid dienone is 1. The fraction of sp³-hybridized carbons (Fsp3) is 0.474. The fourth-order valence-corrected chi connectivity index (χ4v) is 2.80. The van der Waals surface area contributed by atoms with E-state index in [2.05, 4.69) is 11.4 Å². The molecule has 0 aliphatic heterocycles. The zero-order valence-corrected chi connectivity index (χ0v) is 14.8. The highest BCUT2D eigenvalue weighted by Gasteiger charge is 2.18. The molecule has 0 spiro atoms. The van der Waals surface area contributed by atoms with E-state index >= 15 is 0 Å². The van der Waals surface area contributed by atoms with Gasteiger partial charge in [-0.05, 0) is 44.2 Å². The van der Waals surface area contributed by atoms with Gasteiger partial charge in [0.1, 0.15) is 5.56 Å². The number of carbonyl (C=O) groups excluding carboxylic acids is 2. The van der Waals surface area contributed by atoms with Gasteiger partial charge in [-0.25, -0.2) is 4.79 Å². The first kappa shape index (κ1) is 18.8. The summed E-state index contributed by atoms with van der Waals surface area (Å²) in [7, 11) is 2.93. The summed E-state index contributed by atoms with van der Waals surface area (Å²) in [4.78, 5) is 24.0. The third-order valence-electron chi connectivity index (χ3n) is 4.11. The second-order valence-corrected chi connectivity index (χ2v) is 5.83. The van der Waals surface area contributed by atoms with Crippen molar-refractivity contribution in [2.45, 2.75) is 32.1 Å². The Balaban J connectivity index is 1.79. The van der Waals surface area contributed by atoms with Gasteiger partial charge in [-0.15, -0.1) is 0 Å². The number of nitrogens with one attached hydrogen (secondary N) is 1. The molecule has 1 aromatic rings. The summed E-state index contributed by atoms with van der Waals surface area (Å²) >= 11 is 0. The molecular formula is C19H25NO5. The van der Waals surface area contributed by atoms with Crippen LogP contribution < -0.4 is 14.8 Å². The van der Waals surface area contributed by atoms with Crippen LogP contribution >= 0.6 is 0 Å². The number of hydrogen-bond acceptors (Lipinski definition) is 5. The van der Waals surface area contributed by atoms with Gasteiger partial charge in [0.05, 0.1) is 14.2 Å². The molecule has 1 aliphatic rings. The highest BCUT2D eigenvalue weighted by Crippen LogP contribution is 2.31. The highest BCUT2D eigenvalue weighted by molar-refractivity contribution is 5.94. The van der Waals surface area contributed by atoms with Crippen LogP contribution in [0.25, 0.3) is 0 Å². The summed E-state index contributed by atoms with van der Waals surface area (Å²) in [5, 5.41) is 2.78. The lowest BCUT2D eigenvalue weighted by molar-refractivity contribution is -0.124. The summed E-state index contributed by atoms with van der Waals surface area (Å²) in [6.45, 7) is 0.239. The average Bonchev–Trinajstić information content (AvgIpc) is 2.66. The van der Waals surface area contributed by atoms with Crippen molar-refractivity contribution in [1.82, 2.24) is 5.32 Å². The minimum absolute atomic E-state index is 0.224. The maximum Gasteiger partial charge on any atom is 0.342 e. The molecule has 0 aromatic heterocycles. The molecule has 6 heteroatoms. The molecule has 0 atom stereocenters. The van der Waals surface area contributed by atoms with Crippen LogP contribution in [-0.2, 0) is 9.53 Å². The third-order valence-corrected chi connectivity index (χ3v) is 4.11. The van der Waals surface area contributed by atoms with Crippen molar-refractivity contribution in [1.29, 1.82) is 0 Å². The van der Waals surface area contributed by atoms with E-state index < -0.39 is 5.97 Å². The van der Waals surface area contributed by atoms with E-state index in [1.165, 1.54) is 32.6 Å². The first-order valence-electron chi connectivity index (χ1n) is 8.48. The zero-order valence-electron chi connectivity index (χ0n) is 14.8. The van der Waals surface area contributed by atoms with Gasteiger partial charge >= 0.3 is 5.97 Å². The Morgan fingerprint density at radius 3 is 2.68 bits per heavy atom. The summed E-state index contributed by atoms with van der Waals surface area (Å²) in [5.41, 5.74) is 1.62. The zero-order chi connectivity index (χ0) is 18.1. The number of hydrogen-bond donors (Lipinski definition) is 1. The molecular weight excluding hydrogens is 322 g/mol. The van der Waals surface area contributed by atoms with E-state index in [1.54, 1.807) is 18.2 Å². The average molecular weight is 347 g/mol. The van der Waals surface area contributed by atoms with Crippen LogP contribution in [0.15, 0.2) is 29.8 Å². The van der Waals surface area contributed by atoms with E-state index in [-0.39, 0.29) is 18.1 Å². The van der Waals surface area contributed by atoms with Crippen LogP contribution in [0.3, 0.4) is 0 Å². The topological polar surface area (TPSA) is 73.9 Å². The largest absolute Gasteiger partial charge is 0.493 e. The summed E-state index contributed by atoms with van der Waals surface area (Å²) in [6.07, 6.45) is 7.82. The number of amides is 1. The van der Waals surface area contributed by atoms with Gasteiger partial charge in [-0.2, -0.15) is 0 Å². The molecule has 0 heterocycles. The van der Waals surface area contributed by atoms with Gasteiger partial charge in [0.15, 0.2) is 18.1 Å². The predicted octanol–water partition coefficient (Wildman–Crippen LogP) is 2.87. The van der Waals surface area contributed by atoms with E-state index in [1.807, 2.05) is 0 Å². The van der Waals surface area contributed by atoms with Crippen molar-refractivity contribution in [3.8, 4) is 11.5 Å². The van der Waals surface area contributed by atoms with Crippen molar-refractivity contribution in [2.75, 3.05) is 27.4 Å². The van der Waals surface area contributed by atoms with Crippen molar-refractivity contribution in [2.24, 2.45) is 0 Å². The Morgan fingerprint density at radius 1 is 1.16 bits per heavy atom. The normalized spacial score (nSPS) is 13.6. The molecule has 0 radical (unpaired) electrons. The number of methoxy groups -OCH3 is 2. The van der Waals surface area contributed by atoms with Gasteiger partial charge in [0.25, 0.3) is 5.91 Å². The number of ether oxygens (including phenoxy) is 3. The number of rotatable bonds is 8. The molecule has 0 bridgehead atoms.